The van der Waals surface area contributed by atoms with Gasteiger partial charge >= 0.3 is 0 Å². The maximum Gasteiger partial charge on any atom is 0.282 e. The number of allylic oxidation sites excluding steroid dienone is 3. The third kappa shape index (κ3) is 15.2. The van der Waals surface area contributed by atoms with Gasteiger partial charge in [0.1, 0.15) is 5.76 Å². The first-order valence-electron chi connectivity index (χ1n) is 45.7. The van der Waals surface area contributed by atoms with E-state index in [9.17, 15) is 19.5 Å². The predicted octanol–water partition coefficient (Wildman–Crippen LogP) is 24.0. The van der Waals surface area contributed by atoms with E-state index < -0.39 is 27.7 Å². The number of ketones is 3. The van der Waals surface area contributed by atoms with Crippen LogP contribution in [0.4, 0.5) is 0 Å². The third-order valence-corrected chi connectivity index (χ3v) is 30.0. The molecule has 129 heavy (non-hydrogen) atoms. The summed E-state index contributed by atoms with van der Waals surface area (Å²) in [5.74, 6) is 2.09. The van der Waals surface area contributed by atoms with E-state index in [0.717, 1.165) is 143 Å². The SMILES string of the molecule is C.CC1(C)C(=O)/C(=C\O)C[C@]2(C)c3nn(-c4ccccc4)c(-c4ccccc4)c3CC[C@@H]12.CC1(C)c2oncc2C[C@]2(C)c3nn(-c4ccccc4)c(-c4ccccc4)c3CC[C@@H]12.CNO.[3H]C.[C-]#[N+]C1=C[C@]2(C)c3nn(-c4ccccc4)c(-c4ccccc4)c3CC[C@H]2C(C)(C)C1=O.[C-]#[N+]C1C[C@]2(C)c3nn(-c4ccccc4)c(-c4ccccc4)c3CC[C@H]2C(C)(C)C1=O. The summed E-state index contributed by atoms with van der Waals surface area (Å²) in [6, 6.07) is 82.6. The van der Waals surface area contributed by atoms with Gasteiger partial charge in [-0.3, -0.25) is 9.59 Å². The highest BCUT2D eigenvalue weighted by Crippen LogP contribution is 2.62. The van der Waals surface area contributed by atoms with Crippen molar-refractivity contribution < 1.29 is 30.6 Å². The van der Waals surface area contributed by atoms with Gasteiger partial charge in [-0.05, 0) is 136 Å². The molecule has 3 N–H and O–H groups in total. The lowest BCUT2D eigenvalue weighted by atomic mass is 9.50. The molecule has 660 valence electrons. The molecular weight excluding hydrogens is 1600 g/mol. The van der Waals surface area contributed by atoms with Gasteiger partial charge in [0.2, 0.25) is 11.5 Å². The standard InChI is InChI=1S/2C27H27N3O.C27H25N3O.C27H28N2O2.CH5NO.2CH4/c1-26(2)22-15-14-21-23(18-10-6-4-7-11-18)30(20-12-8-5-9-13-20)29-24(21)27(22,3)16-19-17-28-31-25(19)26;2*1-26(2)22-16-15-20-23(18-11-7-5-8-12-18)30(19-13-9-6-10-14-19)29-24(20)27(22,3)17-21(28-4)25(26)31;1-26(2)22-15-14-21-23(18-10-6-4-7-11-18)29(20-12-8-5-9-13-20)28-24(21)27(22,3)16-19(17-30)25(26)31;1-2-3;;/h4-13,17,22H,14-16H2,1-3H3;5-14,21-22H,15-17H2,1-3H3;5-14,17,22H,15-16H2,1-3H3;4-13,17,22,30H,14-16H2,1-3H3;2-3H,1H3;2*1H4/b;;;19-17-;;;/t22-,27-;21?,22-,27-;2*22-,27-;;;/m0000.../s1/i;;;;;1T;. The summed E-state index contributed by atoms with van der Waals surface area (Å²) >= 11 is 0. The first kappa shape index (κ1) is 89.4. The number of rotatable bonds is 8. The molecule has 9 atom stereocenters. The zero-order chi connectivity index (χ0) is 91.3. The van der Waals surface area contributed by atoms with Gasteiger partial charge in [-0.25, -0.2) is 35.6 Å². The summed E-state index contributed by atoms with van der Waals surface area (Å²) in [6.45, 7) is 41.1. The highest BCUT2D eigenvalue weighted by Gasteiger charge is 2.63. The Bertz CT molecular complexity index is 6450. The Hall–Kier alpha value is -13.0. The number of para-hydroxylation sites is 4. The van der Waals surface area contributed by atoms with E-state index in [4.69, 9.17) is 44.6 Å². The van der Waals surface area contributed by atoms with Crippen molar-refractivity contribution >= 4 is 17.3 Å². The third-order valence-electron chi connectivity index (χ3n) is 30.0. The molecule has 8 aliphatic rings. The lowest BCUT2D eigenvalue weighted by Gasteiger charge is -2.52. The number of nitrogens with zero attached hydrogens (tertiary/aromatic N) is 11. The van der Waals surface area contributed by atoms with E-state index in [1.807, 2.05) is 131 Å². The number of fused-ring (bicyclic) bond motifs is 13. The Morgan fingerprint density at radius 2 is 0.744 bits per heavy atom. The van der Waals surface area contributed by atoms with E-state index in [2.05, 4.69) is 240 Å². The molecule has 0 aliphatic heterocycles. The fraction of sp³-hybridized carbons (Fsp3) is 0.351. The average molecular weight is 1720 g/mol. The fourth-order valence-corrected chi connectivity index (χ4v) is 24.4. The van der Waals surface area contributed by atoms with Crippen LogP contribution < -0.4 is 5.48 Å². The van der Waals surface area contributed by atoms with Gasteiger partial charge in [0.15, 0.2) is 11.6 Å². The number of aliphatic hydroxyl groups excluding tert-OH is 1. The van der Waals surface area contributed by atoms with Crippen molar-refractivity contribution in [3.05, 3.63) is 352 Å². The largest absolute Gasteiger partial charge is 0.515 e. The number of benzene rings is 8. The summed E-state index contributed by atoms with van der Waals surface area (Å²) < 4.78 is 19.9. The summed E-state index contributed by atoms with van der Waals surface area (Å²) in [5, 5.41) is 42.3. The number of carbonyl (C=O) groups is 3. The molecular formula is C111H120N12O6. The van der Waals surface area contributed by atoms with Gasteiger partial charge in [0, 0.05) is 114 Å². The van der Waals surface area contributed by atoms with Crippen molar-refractivity contribution in [3.63, 3.8) is 0 Å². The smallest absolute Gasteiger partial charge is 0.282 e. The minimum Gasteiger partial charge on any atom is -0.515 e. The van der Waals surface area contributed by atoms with Crippen molar-refractivity contribution in [2.24, 2.45) is 39.9 Å². The van der Waals surface area contributed by atoms with E-state index in [1.54, 1.807) is 5.48 Å². The van der Waals surface area contributed by atoms with Crippen LogP contribution in [0.3, 0.4) is 0 Å². The summed E-state index contributed by atoms with van der Waals surface area (Å²) in [4.78, 5) is 46.5. The topological polar surface area (TPSA) is 210 Å². The lowest BCUT2D eigenvalue weighted by molar-refractivity contribution is -0.137. The van der Waals surface area contributed by atoms with Crippen LogP contribution in [-0.4, -0.2) is 85.0 Å². The second-order valence-corrected chi connectivity index (χ2v) is 38.9. The Morgan fingerprint density at radius 1 is 0.434 bits per heavy atom. The molecule has 8 aromatic carbocycles. The molecule has 0 spiro atoms. The molecule has 5 aromatic heterocycles. The van der Waals surface area contributed by atoms with Gasteiger partial charge in [-0.1, -0.05) is 303 Å². The molecule has 0 bridgehead atoms. The molecule has 21 rings (SSSR count). The molecule has 18 nitrogen and oxygen atoms in total. The summed E-state index contributed by atoms with van der Waals surface area (Å²) in [7, 11) is 2.68. The minimum atomic E-state index is -0.593. The van der Waals surface area contributed by atoms with Gasteiger partial charge in [-0.2, -0.15) is 20.4 Å². The number of hydrogen-bond acceptors (Lipinski definition) is 12. The molecule has 8 aliphatic carbocycles. The number of aromatic nitrogens is 9. The second-order valence-electron chi connectivity index (χ2n) is 38.9. The van der Waals surface area contributed by atoms with Gasteiger partial charge in [-0.15, -0.1) is 0 Å². The first-order valence-corrected chi connectivity index (χ1v) is 44.7. The average Bonchev–Trinajstić information content (AvgIpc) is 1.50. The maximum absolute atomic E-state index is 13.1. The fourth-order valence-electron chi connectivity index (χ4n) is 24.4. The summed E-state index contributed by atoms with van der Waals surface area (Å²) in [5.41, 5.74) is 23.8. The second kappa shape index (κ2) is 35.2. The molecule has 1 unspecified atom stereocenters. The lowest BCUT2D eigenvalue weighted by Crippen LogP contribution is -2.56. The van der Waals surface area contributed by atoms with Crippen molar-refractivity contribution in [3.8, 4) is 67.8 Å². The van der Waals surface area contributed by atoms with Crippen LogP contribution in [0.25, 0.3) is 77.5 Å². The first-order chi connectivity index (χ1) is 62.0. The minimum absolute atomic E-state index is 0. The molecule has 18 heteroatoms. The van der Waals surface area contributed by atoms with E-state index in [1.165, 1.54) is 59.2 Å². The molecule has 2 fully saturated rings. The molecule has 0 amide bonds. The quantitative estimate of drug-likeness (QED) is 0.0562. The Balaban J connectivity index is 0.000000130. The van der Waals surface area contributed by atoms with E-state index >= 15 is 0 Å². The number of nitrogens with one attached hydrogen (secondary N) is 1. The Morgan fingerprint density at radius 3 is 1.10 bits per heavy atom. The zero-order valence-electron chi connectivity index (χ0n) is 76.9. The van der Waals surface area contributed by atoms with E-state index in [-0.39, 0.29) is 69.9 Å². The van der Waals surface area contributed by atoms with Crippen LogP contribution in [-0.2, 0) is 73.6 Å². The normalized spacial score (nSPS) is 24.2. The molecule has 0 saturated heterocycles. The van der Waals surface area contributed by atoms with Crippen LogP contribution in [0.15, 0.2) is 277 Å². The van der Waals surface area contributed by atoms with Crippen molar-refractivity contribution in [1.29, 1.82) is 0 Å². The van der Waals surface area contributed by atoms with Crippen molar-refractivity contribution in [1.82, 2.24) is 49.8 Å². The van der Waals surface area contributed by atoms with Gasteiger partial charge < -0.3 is 24.5 Å². The molecule has 5 heterocycles. The highest BCUT2D eigenvalue weighted by atomic mass is 16.5. The summed E-state index contributed by atoms with van der Waals surface area (Å²) in [6.07, 6.45) is 14.4. The van der Waals surface area contributed by atoms with E-state index in [0.29, 0.717) is 24.3 Å². The molecule has 13 aromatic rings. The van der Waals surface area contributed by atoms with Crippen LogP contribution in [0.5, 0.6) is 0 Å². The maximum atomic E-state index is 13.1. The highest BCUT2D eigenvalue weighted by molar-refractivity contribution is 6.03. The number of carbonyl (C=O) groups excluding carboxylic acids is 3. The van der Waals surface area contributed by atoms with Gasteiger partial charge in [0.05, 0.1) is 87.3 Å². The van der Waals surface area contributed by atoms with Gasteiger partial charge in [0.25, 0.3) is 6.04 Å². The van der Waals surface area contributed by atoms with Crippen LogP contribution in [0.2, 0.25) is 0 Å². The Kier molecular flexibility index (Phi) is 24.4. The number of Topliss-reactive ketones (excluding diaryl/α,β-unsaturated/α-hetero) is 3. The van der Waals surface area contributed by atoms with Crippen LogP contribution in [0.1, 0.15) is 194 Å². The number of aliphatic hydroxyl groups is 1. The van der Waals surface area contributed by atoms with Crippen molar-refractivity contribution in [2.75, 3.05) is 7.05 Å². The van der Waals surface area contributed by atoms with Crippen LogP contribution in [0, 0.1) is 53.1 Å². The molecule has 2 saturated carbocycles. The zero-order valence-corrected chi connectivity index (χ0v) is 75.9. The van der Waals surface area contributed by atoms with Crippen LogP contribution >= 0.6 is 0 Å². The van der Waals surface area contributed by atoms with Crippen molar-refractivity contribution in [2.45, 2.75) is 202 Å². The predicted molar refractivity (Wildman–Crippen MR) is 512 cm³/mol. The molecule has 0 radical (unpaired) electrons. The number of hydrogen-bond donors (Lipinski definition) is 3. The number of hydroxylamine groups is 1. The Labute approximate surface area is 761 Å². The monoisotopic (exact) mass is 1720 g/mol.